The van der Waals surface area contributed by atoms with Gasteiger partial charge in [-0.25, -0.2) is 4.98 Å². The van der Waals surface area contributed by atoms with Crippen LogP contribution in [0, 0.1) is 5.92 Å². The second-order valence-electron chi connectivity index (χ2n) is 6.50. The van der Waals surface area contributed by atoms with Crippen molar-refractivity contribution in [1.82, 2.24) is 20.2 Å². The number of rotatable bonds is 10. The van der Waals surface area contributed by atoms with E-state index < -0.39 is 0 Å². The molecule has 1 aliphatic rings. The molecule has 2 amide bonds. The first-order valence-corrected chi connectivity index (χ1v) is 9.25. The minimum Gasteiger partial charge on any atom is -0.382 e. The molecule has 0 unspecified atom stereocenters. The van der Waals surface area contributed by atoms with Crippen LogP contribution in [-0.2, 0) is 27.4 Å². The molecule has 1 aliphatic carbocycles. The normalized spacial score (nSPS) is 13.7. The fourth-order valence-corrected chi connectivity index (χ4v) is 2.84. The lowest BCUT2D eigenvalue weighted by atomic mass is 10.3. The molecule has 0 spiro atoms. The van der Waals surface area contributed by atoms with Gasteiger partial charge in [0, 0.05) is 25.7 Å². The standard InChI is InChI=1S/C19H26N4O3/c1-2-26-11-5-10-20-18(24)13-23-16-7-4-3-6-15(16)22-17(23)12-21-19(25)14-8-9-14/h3-4,6-7,14H,2,5,8-13H2,1H3,(H,20,24)(H,21,25). The summed E-state index contributed by atoms with van der Waals surface area (Å²) in [6.45, 7) is 4.38. The maximum Gasteiger partial charge on any atom is 0.240 e. The number of benzene rings is 1. The molecule has 0 aliphatic heterocycles. The Morgan fingerprint density at radius 1 is 1.27 bits per heavy atom. The number of imidazole rings is 1. The van der Waals surface area contributed by atoms with Crippen LogP contribution in [0.15, 0.2) is 24.3 Å². The number of carbonyl (C=O) groups excluding carboxylic acids is 2. The van der Waals surface area contributed by atoms with E-state index in [2.05, 4.69) is 15.6 Å². The summed E-state index contributed by atoms with van der Waals surface area (Å²) < 4.78 is 7.15. The highest BCUT2D eigenvalue weighted by molar-refractivity contribution is 5.82. The number of nitrogens with one attached hydrogen (secondary N) is 2. The number of fused-ring (bicyclic) bond motifs is 1. The lowest BCUT2D eigenvalue weighted by molar-refractivity contribution is -0.122. The lowest BCUT2D eigenvalue weighted by Crippen LogP contribution is -2.31. The minimum absolute atomic E-state index is 0.0700. The van der Waals surface area contributed by atoms with E-state index in [-0.39, 0.29) is 24.3 Å². The molecule has 1 saturated carbocycles. The van der Waals surface area contributed by atoms with E-state index in [9.17, 15) is 9.59 Å². The van der Waals surface area contributed by atoms with Crippen LogP contribution in [0.1, 0.15) is 32.0 Å². The summed E-state index contributed by atoms with van der Waals surface area (Å²) in [7, 11) is 0. The Hall–Kier alpha value is -2.41. The highest BCUT2D eigenvalue weighted by Crippen LogP contribution is 2.28. The number of ether oxygens (including phenoxy) is 1. The van der Waals surface area contributed by atoms with Gasteiger partial charge in [0.2, 0.25) is 11.8 Å². The minimum atomic E-state index is -0.0700. The van der Waals surface area contributed by atoms with Crippen LogP contribution in [0.5, 0.6) is 0 Å². The maximum atomic E-state index is 12.3. The molecular formula is C19H26N4O3. The predicted octanol–water partition coefficient (Wildman–Crippen LogP) is 1.61. The second-order valence-corrected chi connectivity index (χ2v) is 6.50. The van der Waals surface area contributed by atoms with Gasteiger partial charge >= 0.3 is 0 Å². The Labute approximate surface area is 153 Å². The van der Waals surface area contributed by atoms with Crippen molar-refractivity contribution in [2.24, 2.45) is 5.92 Å². The quantitative estimate of drug-likeness (QED) is 0.632. The van der Waals surface area contributed by atoms with Gasteiger partial charge in [0.05, 0.1) is 17.6 Å². The number of carbonyl (C=O) groups is 2. The number of hydrogen-bond acceptors (Lipinski definition) is 4. The van der Waals surface area contributed by atoms with Crippen LogP contribution >= 0.6 is 0 Å². The van der Waals surface area contributed by atoms with Crippen LogP contribution < -0.4 is 10.6 Å². The summed E-state index contributed by atoms with van der Waals surface area (Å²) in [4.78, 5) is 28.8. The SMILES string of the molecule is CCOCCCNC(=O)Cn1c(CNC(=O)C2CC2)nc2ccccc21. The van der Waals surface area contributed by atoms with Crippen molar-refractivity contribution < 1.29 is 14.3 Å². The average molecular weight is 358 g/mol. The molecular weight excluding hydrogens is 332 g/mol. The molecule has 2 N–H and O–H groups in total. The predicted molar refractivity (Wildman–Crippen MR) is 98.4 cm³/mol. The largest absolute Gasteiger partial charge is 0.382 e. The van der Waals surface area contributed by atoms with Crippen molar-refractivity contribution in [2.45, 2.75) is 39.3 Å². The summed E-state index contributed by atoms with van der Waals surface area (Å²) in [6, 6.07) is 7.70. The van der Waals surface area contributed by atoms with Crippen molar-refractivity contribution in [1.29, 1.82) is 0 Å². The molecule has 1 heterocycles. The third-order valence-corrected chi connectivity index (χ3v) is 4.40. The van der Waals surface area contributed by atoms with Gasteiger partial charge in [-0.3, -0.25) is 9.59 Å². The fraction of sp³-hybridized carbons (Fsp3) is 0.526. The molecule has 0 radical (unpaired) electrons. The van der Waals surface area contributed by atoms with Gasteiger partial charge in [0.1, 0.15) is 12.4 Å². The smallest absolute Gasteiger partial charge is 0.240 e. The first-order chi connectivity index (χ1) is 12.7. The van der Waals surface area contributed by atoms with Gasteiger partial charge in [0.25, 0.3) is 0 Å². The van der Waals surface area contributed by atoms with Gasteiger partial charge in [-0.15, -0.1) is 0 Å². The lowest BCUT2D eigenvalue weighted by Gasteiger charge is -2.11. The zero-order valence-electron chi connectivity index (χ0n) is 15.2. The zero-order valence-corrected chi connectivity index (χ0v) is 15.2. The first kappa shape index (κ1) is 18.4. The van der Waals surface area contributed by atoms with Gasteiger partial charge < -0.3 is 19.9 Å². The summed E-state index contributed by atoms with van der Waals surface area (Å²) >= 11 is 0. The molecule has 0 atom stereocenters. The van der Waals surface area contributed by atoms with Crippen molar-refractivity contribution in [3.8, 4) is 0 Å². The highest BCUT2D eigenvalue weighted by Gasteiger charge is 2.29. The topological polar surface area (TPSA) is 85.2 Å². The van der Waals surface area contributed by atoms with E-state index in [0.29, 0.717) is 32.1 Å². The molecule has 140 valence electrons. The van der Waals surface area contributed by atoms with Crippen LogP contribution in [0.3, 0.4) is 0 Å². The highest BCUT2D eigenvalue weighted by atomic mass is 16.5. The number of aromatic nitrogens is 2. The number of hydrogen-bond donors (Lipinski definition) is 2. The van der Waals surface area contributed by atoms with Crippen molar-refractivity contribution in [3.63, 3.8) is 0 Å². The molecule has 0 bridgehead atoms. The van der Waals surface area contributed by atoms with E-state index in [1.165, 1.54) is 0 Å². The van der Waals surface area contributed by atoms with Gasteiger partial charge in [-0.1, -0.05) is 12.1 Å². The summed E-state index contributed by atoms with van der Waals surface area (Å²) in [5.41, 5.74) is 1.72. The maximum absolute atomic E-state index is 12.3. The molecule has 1 aromatic heterocycles. The average Bonchev–Trinajstić information content (AvgIpc) is 3.44. The molecule has 1 fully saturated rings. The van der Waals surface area contributed by atoms with Crippen LogP contribution in [-0.4, -0.2) is 41.1 Å². The third-order valence-electron chi connectivity index (χ3n) is 4.40. The van der Waals surface area contributed by atoms with E-state index in [4.69, 9.17) is 4.74 Å². The van der Waals surface area contributed by atoms with E-state index in [0.717, 1.165) is 30.3 Å². The summed E-state index contributed by atoms with van der Waals surface area (Å²) in [5.74, 6) is 0.856. The van der Waals surface area contributed by atoms with E-state index >= 15 is 0 Å². The molecule has 3 rings (SSSR count). The Morgan fingerprint density at radius 3 is 2.85 bits per heavy atom. The molecule has 7 nitrogen and oxygen atoms in total. The Balaban J connectivity index is 1.63. The summed E-state index contributed by atoms with van der Waals surface area (Å²) in [5, 5.41) is 5.84. The fourth-order valence-electron chi connectivity index (χ4n) is 2.84. The van der Waals surface area contributed by atoms with Gasteiger partial charge in [-0.2, -0.15) is 0 Å². The van der Waals surface area contributed by atoms with Gasteiger partial charge in [-0.05, 0) is 38.3 Å². The zero-order chi connectivity index (χ0) is 18.4. The van der Waals surface area contributed by atoms with Crippen LogP contribution in [0.4, 0.5) is 0 Å². The van der Waals surface area contributed by atoms with E-state index in [1.54, 1.807) is 0 Å². The molecule has 26 heavy (non-hydrogen) atoms. The molecule has 1 aromatic carbocycles. The first-order valence-electron chi connectivity index (χ1n) is 9.25. The summed E-state index contributed by atoms with van der Waals surface area (Å²) in [6.07, 6.45) is 2.72. The second kappa shape index (κ2) is 8.80. The third kappa shape index (κ3) is 4.82. The Kier molecular flexibility index (Phi) is 6.22. The number of amides is 2. The molecule has 0 saturated heterocycles. The molecule has 2 aromatic rings. The number of para-hydroxylation sites is 2. The molecule has 7 heteroatoms. The Bertz CT molecular complexity index is 767. The van der Waals surface area contributed by atoms with Crippen molar-refractivity contribution in [3.05, 3.63) is 30.1 Å². The Morgan fingerprint density at radius 2 is 2.08 bits per heavy atom. The van der Waals surface area contributed by atoms with Crippen LogP contribution in [0.2, 0.25) is 0 Å². The monoisotopic (exact) mass is 358 g/mol. The van der Waals surface area contributed by atoms with Crippen LogP contribution in [0.25, 0.3) is 11.0 Å². The van der Waals surface area contributed by atoms with E-state index in [1.807, 2.05) is 35.8 Å². The number of nitrogens with zero attached hydrogens (tertiary/aromatic N) is 2. The van der Waals surface area contributed by atoms with Crippen molar-refractivity contribution in [2.75, 3.05) is 19.8 Å². The van der Waals surface area contributed by atoms with Crippen molar-refractivity contribution >= 4 is 22.8 Å². The van der Waals surface area contributed by atoms with Gasteiger partial charge in [0.15, 0.2) is 0 Å².